The van der Waals surface area contributed by atoms with Crippen LogP contribution in [0.2, 0.25) is 5.02 Å². The highest BCUT2D eigenvalue weighted by Crippen LogP contribution is 2.20. The van der Waals surface area contributed by atoms with Crippen LogP contribution in [0, 0.1) is 13.8 Å². The molecule has 0 unspecified atom stereocenters. The molecular formula is C17H18ClNO2. The van der Waals surface area contributed by atoms with Gasteiger partial charge < -0.3 is 10.1 Å². The van der Waals surface area contributed by atoms with Gasteiger partial charge in [0, 0.05) is 10.7 Å². The molecule has 2 aromatic rings. The Bertz CT molecular complexity index is 655. The Balaban J connectivity index is 2.04. The maximum Gasteiger partial charge on any atom is 0.265 e. The van der Waals surface area contributed by atoms with Crippen LogP contribution in [0.3, 0.4) is 0 Å². The Hall–Kier alpha value is -2.00. The van der Waals surface area contributed by atoms with Crippen molar-refractivity contribution in [2.75, 3.05) is 5.32 Å². The Morgan fingerprint density at radius 1 is 1.19 bits per heavy atom. The zero-order valence-corrected chi connectivity index (χ0v) is 13.1. The molecule has 3 nitrogen and oxygen atoms in total. The van der Waals surface area contributed by atoms with Gasteiger partial charge in [-0.3, -0.25) is 4.79 Å². The molecule has 0 heterocycles. The van der Waals surface area contributed by atoms with Gasteiger partial charge in [0.15, 0.2) is 6.10 Å². The second-order valence-electron chi connectivity index (χ2n) is 4.95. The third kappa shape index (κ3) is 3.99. The predicted molar refractivity (Wildman–Crippen MR) is 86.1 cm³/mol. The summed E-state index contributed by atoms with van der Waals surface area (Å²) in [5, 5.41) is 3.47. The van der Waals surface area contributed by atoms with Crippen LogP contribution in [0.4, 0.5) is 5.69 Å². The Kier molecular flexibility index (Phi) is 4.86. The summed E-state index contributed by atoms with van der Waals surface area (Å²) < 4.78 is 5.60. The van der Waals surface area contributed by atoms with Gasteiger partial charge in [0.05, 0.1) is 0 Å². The molecule has 2 rings (SSSR count). The topological polar surface area (TPSA) is 38.3 Å². The van der Waals surface area contributed by atoms with Gasteiger partial charge in [0.2, 0.25) is 0 Å². The fraction of sp³-hybridized carbons (Fsp3) is 0.235. The zero-order chi connectivity index (χ0) is 15.4. The predicted octanol–water partition coefficient (Wildman–Crippen LogP) is 4.36. The molecule has 0 aliphatic rings. The zero-order valence-electron chi connectivity index (χ0n) is 12.3. The highest BCUT2D eigenvalue weighted by molar-refractivity contribution is 6.30. The fourth-order valence-corrected chi connectivity index (χ4v) is 2.10. The number of halogens is 1. The first kappa shape index (κ1) is 15.4. The van der Waals surface area contributed by atoms with Crippen molar-refractivity contribution < 1.29 is 9.53 Å². The lowest BCUT2D eigenvalue weighted by Gasteiger charge is -2.16. The van der Waals surface area contributed by atoms with E-state index in [0.29, 0.717) is 10.8 Å². The van der Waals surface area contributed by atoms with Gasteiger partial charge in [-0.1, -0.05) is 29.8 Å². The molecule has 0 fully saturated rings. The number of nitrogens with one attached hydrogen (secondary N) is 1. The molecule has 1 amide bonds. The van der Waals surface area contributed by atoms with Gasteiger partial charge in [-0.05, 0) is 56.2 Å². The lowest BCUT2D eigenvalue weighted by molar-refractivity contribution is -0.122. The summed E-state index contributed by atoms with van der Waals surface area (Å²) >= 11 is 5.90. The average molecular weight is 304 g/mol. The van der Waals surface area contributed by atoms with E-state index in [-0.39, 0.29) is 5.91 Å². The molecular weight excluding hydrogens is 286 g/mol. The summed E-state index contributed by atoms with van der Waals surface area (Å²) in [5.74, 6) is 0.384. The van der Waals surface area contributed by atoms with Gasteiger partial charge in [-0.2, -0.15) is 0 Å². The van der Waals surface area contributed by atoms with Crippen molar-refractivity contribution in [2.45, 2.75) is 26.9 Å². The fourth-order valence-electron chi connectivity index (χ4n) is 1.92. The third-order valence-corrected chi connectivity index (χ3v) is 3.58. The Morgan fingerprint density at radius 2 is 1.90 bits per heavy atom. The van der Waals surface area contributed by atoms with E-state index >= 15 is 0 Å². The summed E-state index contributed by atoms with van der Waals surface area (Å²) in [7, 11) is 0. The van der Waals surface area contributed by atoms with Crippen LogP contribution in [0.15, 0.2) is 42.5 Å². The number of anilines is 1. The van der Waals surface area contributed by atoms with E-state index in [4.69, 9.17) is 16.3 Å². The van der Waals surface area contributed by atoms with Crippen molar-refractivity contribution in [2.24, 2.45) is 0 Å². The molecule has 4 heteroatoms. The summed E-state index contributed by atoms with van der Waals surface area (Å²) in [6.07, 6.45) is -0.608. The highest BCUT2D eigenvalue weighted by Gasteiger charge is 2.16. The van der Waals surface area contributed by atoms with Crippen molar-refractivity contribution in [3.63, 3.8) is 0 Å². The molecule has 1 atom stereocenters. The number of benzene rings is 2. The van der Waals surface area contributed by atoms with Crippen molar-refractivity contribution in [3.05, 3.63) is 58.6 Å². The van der Waals surface area contributed by atoms with E-state index in [0.717, 1.165) is 16.8 Å². The summed E-state index contributed by atoms with van der Waals surface area (Å²) in [6, 6.07) is 12.8. The minimum absolute atomic E-state index is 0.191. The van der Waals surface area contributed by atoms with Crippen LogP contribution in [0.1, 0.15) is 18.1 Å². The van der Waals surface area contributed by atoms with Crippen LogP contribution in [0.25, 0.3) is 0 Å². The van der Waals surface area contributed by atoms with Crippen molar-refractivity contribution in [1.82, 2.24) is 0 Å². The van der Waals surface area contributed by atoms with Crippen LogP contribution < -0.4 is 10.1 Å². The molecule has 21 heavy (non-hydrogen) atoms. The van der Waals surface area contributed by atoms with Gasteiger partial charge in [-0.15, -0.1) is 0 Å². The monoisotopic (exact) mass is 303 g/mol. The molecule has 110 valence electrons. The van der Waals surface area contributed by atoms with Crippen molar-refractivity contribution in [3.8, 4) is 5.75 Å². The molecule has 0 radical (unpaired) electrons. The van der Waals surface area contributed by atoms with Gasteiger partial charge in [0.1, 0.15) is 5.75 Å². The summed E-state index contributed by atoms with van der Waals surface area (Å²) in [5.41, 5.74) is 3.00. The minimum Gasteiger partial charge on any atom is -0.481 e. The van der Waals surface area contributed by atoms with E-state index < -0.39 is 6.10 Å². The van der Waals surface area contributed by atoms with Gasteiger partial charge in [-0.25, -0.2) is 0 Å². The molecule has 0 saturated carbocycles. The maximum absolute atomic E-state index is 12.2. The van der Waals surface area contributed by atoms with E-state index in [1.54, 1.807) is 31.2 Å². The molecule has 2 aromatic carbocycles. The molecule has 0 aliphatic heterocycles. The standard InChI is InChI=1S/C17H18ClNO2/c1-11-6-4-9-16(12(11)2)19-17(20)13(3)21-15-8-5-7-14(18)10-15/h4-10,13H,1-3H3,(H,19,20)/t13-/m0/s1. The first-order valence-corrected chi connectivity index (χ1v) is 7.14. The van der Waals surface area contributed by atoms with Crippen LogP contribution >= 0.6 is 11.6 Å². The molecule has 0 aliphatic carbocycles. The van der Waals surface area contributed by atoms with Crippen LogP contribution in [0.5, 0.6) is 5.75 Å². The summed E-state index contributed by atoms with van der Waals surface area (Å²) in [4.78, 5) is 12.2. The van der Waals surface area contributed by atoms with E-state index in [1.807, 2.05) is 32.0 Å². The van der Waals surface area contributed by atoms with E-state index in [2.05, 4.69) is 5.32 Å². The first-order chi connectivity index (χ1) is 9.97. The second-order valence-corrected chi connectivity index (χ2v) is 5.39. The van der Waals surface area contributed by atoms with Crippen LogP contribution in [-0.2, 0) is 4.79 Å². The quantitative estimate of drug-likeness (QED) is 0.911. The summed E-state index contributed by atoms with van der Waals surface area (Å²) in [6.45, 7) is 5.70. The lowest BCUT2D eigenvalue weighted by Crippen LogP contribution is -2.30. The van der Waals surface area contributed by atoms with Crippen molar-refractivity contribution >= 4 is 23.2 Å². The Morgan fingerprint density at radius 3 is 2.62 bits per heavy atom. The smallest absolute Gasteiger partial charge is 0.265 e. The normalized spacial score (nSPS) is 11.8. The average Bonchev–Trinajstić information content (AvgIpc) is 2.44. The largest absolute Gasteiger partial charge is 0.481 e. The van der Waals surface area contributed by atoms with Crippen molar-refractivity contribution in [1.29, 1.82) is 0 Å². The van der Waals surface area contributed by atoms with E-state index in [9.17, 15) is 4.79 Å². The van der Waals surface area contributed by atoms with Gasteiger partial charge in [0.25, 0.3) is 5.91 Å². The number of hydrogen-bond acceptors (Lipinski definition) is 2. The first-order valence-electron chi connectivity index (χ1n) is 6.76. The lowest BCUT2D eigenvalue weighted by atomic mass is 10.1. The number of hydrogen-bond donors (Lipinski definition) is 1. The highest BCUT2D eigenvalue weighted by atomic mass is 35.5. The molecule has 0 bridgehead atoms. The minimum atomic E-state index is -0.608. The molecule has 0 aromatic heterocycles. The second kappa shape index (κ2) is 6.64. The molecule has 0 saturated heterocycles. The maximum atomic E-state index is 12.2. The number of carbonyl (C=O) groups is 1. The SMILES string of the molecule is Cc1cccc(NC(=O)[C@H](C)Oc2cccc(Cl)c2)c1C. The number of rotatable bonds is 4. The Labute approximate surface area is 129 Å². The van der Waals surface area contributed by atoms with Crippen LogP contribution in [-0.4, -0.2) is 12.0 Å². The van der Waals surface area contributed by atoms with Gasteiger partial charge >= 0.3 is 0 Å². The molecule has 0 spiro atoms. The molecule has 1 N–H and O–H groups in total. The number of carbonyl (C=O) groups excluding carboxylic acids is 1. The number of amides is 1. The number of aryl methyl sites for hydroxylation is 1. The third-order valence-electron chi connectivity index (χ3n) is 3.34. The van der Waals surface area contributed by atoms with E-state index in [1.165, 1.54) is 0 Å². The number of ether oxygens (including phenoxy) is 1.